The fourth-order valence-corrected chi connectivity index (χ4v) is 4.74. The molecule has 0 aliphatic rings. The number of carboxylic acids is 1. The van der Waals surface area contributed by atoms with E-state index in [0.29, 0.717) is 45.6 Å². The Morgan fingerprint density at radius 2 is 1.24 bits per heavy atom. The molecule has 220 valence electrons. The van der Waals surface area contributed by atoms with Crippen molar-refractivity contribution >= 4 is 11.9 Å². The molecule has 0 amide bonds. The van der Waals surface area contributed by atoms with Crippen molar-refractivity contribution in [3.05, 3.63) is 74.3 Å². The molecule has 41 heavy (non-hydrogen) atoms. The van der Waals surface area contributed by atoms with Crippen LogP contribution >= 0.6 is 0 Å². The van der Waals surface area contributed by atoms with Crippen LogP contribution in [0, 0.1) is 53.2 Å². The number of hydrogen-bond acceptors (Lipinski definition) is 7. The maximum Gasteiger partial charge on any atom is 0.347 e. The number of rotatable bonds is 11. The highest BCUT2D eigenvalue weighted by Crippen LogP contribution is 2.41. The van der Waals surface area contributed by atoms with Gasteiger partial charge in [0.05, 0.1) is 27.4 Å². The molecule has 0 saturated carbocycles. The highest BCUT2D eigenvalue weighted by atomic mass is 19.2. The lowest BCUT2D eigenvalue weighted by Crippen LogP contribution is -2.17. The van der Waals surface area contributed by atoms with E-state index in [2.05, 4.69) is 0 Å². The smallest absolute Gasteiger partial charge is 0.347 e. The zero-order valence-electron chi connectivity index (χ0n) is 24.4. The molecule has 3 aromatic carbocycles. The monoisotopic (exact) mass is 572 g/mol. The lowest BCUT2D eigenvalue weighted by Gasteiger charge is -2.22. The number of carbonyl (C=O) groups is 2. The number of ether oxygens (including phenoxy) is 5. The number of halogens is 2. The standard InChI is InChI=1S/C31H34F2O8/c1-15-18(4)27(20(6)28(37-7)23(15)30(34)35)41-31(36)24-16(2)17(3)26(19(5)29(24)38-8)40-14-10-13-39-22-12-9-11-21(32)25(22)33/h9,11-12H,10,13-14H2,1-8H3,(H,34,35). The van der Waals surface area contributed by atoms with Crippen LogP contribution in [0.4, 0.5) is 8.78 Å². The molecule has 0 heterocycles. The van der Waals surface area contributed by atoms with Crippen molar-refractivity contribution in [3.8, 4) is 28.7 Å². The van der Waals surface area contributed by atoms with E-state index >= 15 is 0 Å². The zero-order valence-corrected chi connectivity index (χ0v) is 24.4. The van der Waals surface area contributed by atoms with Crippen molar-refractivity contribution in [2.45, 2.75) is 48.0 Å². The first-order valence-electron chi connectivity index (χ1n) is 12.9. The molecule has 0 spiro atoms. The summed E-state index contributed by atoms with van der Waals surface area (Å²) in [7, 11) is 2.80. The molecule has 0 atom stereocenters. The number of esters is 1. The quantitative estimate of drug-likeness (QED) is 0.156. The second kappa shape index (κ2) is 12.9. The first kappa shape index (κ1) is 31.2. The molecule has 0 aliphatic carbocycles. The van der Waals surface area contributed by atoms with E-state index in [0.717, 1.165) is 6.07 Å². The highest BCUT2D eigenvalue weighted by molar-refractivity contribution is 5.98. The first-order valence-corrected chi connectivity index (χ1v) is 12.9. The summed E-state index contributed by atoms with van der Waals surface area (Å²) in [5, 5.41) is 9.68. The van der Waals surface area contributed by atoms with Gasteiger partial charge < -0.3 is 28.8 Å². The van der Waals surface area contributed by atoms with Crippen LogP contribution in [0.3, 0.4) is 0 Å². The largest absolute Gasteiger partial charge is 0.495 e. The first-order chi connectivity index (χ1) is 19.4. The van der Waals surface area contributed by atoms with Gasteiger partial charge in [-0.2, -0.15) is 4.39 Å². The Morgan fingerprint density at radius 3 is 1.85 bits per heavy atom. The summed E-state index contributed by atoms with van der Waals surface area (Å²) in [5.41, 5.74) is 3.36. The average Bonchev–Trinajstić information content (AvgIpc) is 2.93. The van der Waals surface area contributed by atoms with Crippen molar-refractivity contribution in [2.75, 3.05) is 27.4 Å². The Hall–Kier alpha value is -4.34. The van der Waals surface area contributed by atoms with E-state index in [9.17, 15) is 23.5 Å². The Morgan fingerprint density at radius 1 is 0.707 bits per heavy atom. The van der Waals surface area contributed by atoms with Crippen LogP contribution in [0.1, 0.15) is 60.5 Å². The van der Waals surface area contributed by atoms with Crippen molar-refractivity contribution in [2.24, 2.45) is 0 Å². The van der Waals surface area contributed by atoms with Gasteiger partial charge in [-0.05, 0) is 75.9 Å². The number of carbonyl (C=O) groups excluding carboxylic acids is 1. The van der Waals surface area contributed by atoms with Crippen molar-refractivity contribution in [1.82, 2.24) is 0 Å². The molecular formula is C31H34F2O8. The number of hydrogen-bond donors (Lipinski definition) is 1. The molecule has 1 N–H and O–H groups in total. The van der Waals surface area contributed by atoms with Crippen LogP contribution in [0.15, 0.2) is 18.2 Å². The van der Waals surface area contributed by atoms with Gasteiger partial charge in [0.25, 0.3) is 0 Å². The normalized spacial score (nSPS) is 10.8. The van der Waals surface area contributed by atoms with Crippen molar-refractivity contribution < 1.29 is 47.2 Å². The summed E-state index contributed by atoms with van der Waals surface area (Å²) in [6.45, 7) is 10.5. The Kier molecular flexibility index (Phi) is 9.80. The molecule has 0 fully saturated rings. The molecule has 8 nitrogen and oxygen atoms in total. The lowest BCUT2D eigenvalue weighted by molar-refractivity contribution is 0.0692. The molecule has 0 aromatic heterocycles. The summed E-state index contributed by atoms with van der Waals surface area (Å²) in [6.07, 6.45) is 0.381. The fourth-order valence-electron chi connectivity index (χ4n) is 4.74. The maximum absolute atomic E-state index is 13.8. The van der Waals surface area contributed by atoms with Crippen molar-refractivity contribution in [3.63, 3.8) is 0 Å². The molecule has 0 radical (unpaired) electrons. The van der Waals surface area contributed by atoms with Gasteiger partial charge in [-0.25, -0.2) is 14.0 Å². The van der Waals surface area contributed by atoms with Crippen LogP contribution in [0.5, 0.6) is 28.7 Å². The summed E-state index contributed by atoms with van der Waals surface area (Å²) in [4.78, 5) is 25.4. The van der Waals surface area contributed by atoms with Gasteiger partial charge in [0.1, 0.15) is 34.1 Å². The van der Waals surface area contributed by atoms with Gasteiger partial charge in [-0.3, -0.25) is 0 Å². The van der Waals surface area contributed by atoms with E-state index in [1.54, 1.807) is 41.5 Å². The predicted molar refractivity (Wildman–Crippen MR) is 148 cm³/mol. The topological polar surface area (TPSA) is 101 Å². The lowest BCUT2D eigenvalue weighted by atomic mass is 9.96. The Bertz CT molecular complexity index is 1500. The third-order valence-electron chi connectivity index (χ3n) is 7.10. The summed E-state index contributed by atoms with van der Waals surface area (Å²) in [5.74, 6) is -2.91. The van der Waals surface area contributed by atoms with Crippen LogP contribution in [0.25, 0.3) is 0 Å². The number of methoxy groups -OCH3 is 2. The fraction of sp³-hybridized carbons (Fsp3) is 0.355. The van der Waals surface area contributed by atoms with Crippen LogP contribution in [0.2, 0.25) is 0 Å². The molecule has 3 rings (SSSR count). The minimum absolute atomic E-state index is 0.00992. The van der Waals surface area contributed by atoms with Gasteiger partial charge >= 0.3 is 11.9 Å². The second-order valence-corrected chi connectivity index (χ2v) is 9.52. The van der Waals surface area contributed by atoms with E-state index < -0.39 is 23.6 Å². The van der Waals surface area contributed by atoms with Crippen LogP contribution < -0.4 is 23.7 Å². The zero-order chi connectivity index (χ0) is 30.6. The average molecular weight is 573 g/mol. The van der Waals surface area contributed by atoms with Gasteiger partial charge in [-0.1, -0.05) is 6.07 Å². The highest BCUT2D eigenvalue weighted by Gasteiger charge is 2.29. The molecular weight excluding hydrogens is 538 g/mol. The van der Waals surface area contributed by atoms with Crippen molar-refractivity contribution in [1.29, 1.82) is 0 Å². The second-order valence-electron chi connectivity index (χ2n) is 9.52. The van der Waals surface area contributed by atoms with Gasteiger partial charge in [-0.15, -0.1) is 0 Å². The van der Waals surface area contributed by atoms with Gasteiger partial charge in [0.2, 0.25) is 5.82 Å². The summed E-state index contributed by atoms with van der Waals surface area (Å²) >= 11 is 0. The van der Waals surface area contributed by atoms with E-state index in [4.69, 9.17) is 23.7 Å². The van der Waals surface area contributed by atoms with Crippen LogP contribution in [-0.4, -0.2) is 44.5 Å². The van der Waals surface area contributed by atoms with Crippen LogP contribution in [-0.2, 0) is 0 Å². The SMILES string of the molecule is COc1c(C)c(OC(=O)c2c(C)c(C)c(OCCCOc3cccc(F)c3F)c(C)c2OC)c(C)c(C)c1C(=O)O. The number of aromatic carboxylic acids is 1. The van der Waals surface area contributed by atoms with E-state index in [1.807, 2.05) is 0 Å². The summed E-state index contributed by atoms with van der Waals surface area (Å²) < 4.78 is 55.3. The molecule has 10 heteroatoms. The minimum atomic E-state index is -1.14. The Balaban J connectivity index is 1.86. The molecule has 0 saturated heterocycles. The third-order valence-corrected chi connectivity index (χ3v) is 7.10. The third kappa shape index (κ3) is 6.06. The van der Waals surface area contributed by atoms with E-state index in [-0.39, 0.29) is 47.3 Å². The Labute approximate surface area is 237 Å². The molecule has 0 bridgehead atoms. The van der Waals surface area contributed by atoms with Gasteiger partial charge in [0.15, 0.2) is 11.6 Å². The summed E-state index contributed by atoms with van der Waals surface area (Å²) in [6, 6.07) is 3.73. The minimum Gasteiger partial charge on any atom is -0.495 e. The number of benzene rings is 3. The molecule has 0 unspecified atom stereocenters. The molecule has 0 aliphatic heterocycles. The molecule has 3 aromatic rings. The number of carboxylic acid groups (broad SMARTS) is 1. The van der Waals surface area contributed by atoms with Gasteiger partial charge in [0, 0.05) is 17.5 Å². The predicted octanol–water partition coefficient (Wildman–Crippen LogP) is 6.60. The maximum atomic E-state index is 13.8. The van der Waals surface area contributed by atoms with E-state index in [1.165, 1.54) is 26.4 Å².